The molecule has 1 aliphatic heterocycles. The van der Waals surface area contributed by atoms with Gasteiger partial charge in [0.05, 0.1) is 24.8 Å². The molecular weight excluding hydrogens is 318 g/mol. The largest absolute Gasteiger partial charge is 0.497 e. The molecule has 23 heavy (non-hydrogen) atoms. The van der Waals surface area contributed by atoms with Gasteiger partial charge in [0, 0.05) is 17.8 Å². The number of methoxy groups -OCH3 is 1. The van der Waals surface area contributed by atoms with Gasteiger partial charge < -0.3 is 15.4 Å². The molecule has 1 aliphatic rings. The van der Waals surface area contributed by atoms with Crippen LogP contribution in [-0.4, -0.2) is 48.3 Å². The van der Waals surface area contributed by atoms with Crippen molar-refractivity contribution in [2.45, 2.75) is 12.5 Å². The molecule has 8 nitrogen and oxygen atoms in total. The van der Waals surface area contributed by atoms with E-state index in [1.165, 1.54) is 6.20 Å². The van der Waals surface area contributed by atoms with Crippen LogP contribution >= 0.6 is 0 Å². The van der Waals surface area contributed by atoms with Gasteiger partial charge >= 0.3 is 0 Å². The molecule has 2 heterocycles. The standard InChI is InChI=1S/C14H17N5O3S/c1-22-12-4-2-3-10(7-12)17-14-18-13(8-15-19-14)16-11-5-6-23(20,21)9-11/h2-4,7-8,11H,5-6,9H2,1H3,(H2,16,17,18,19). The molecule has 1 unspecified atom stereocenters. The number of sulfone groups is 1. The summed E-state index contributed by atoms with van der Waals surface area (Å²) in [5.74, 6) is 1.86. The Bertz CT molecular complexity index is 797. The number of aromatic nitrogens is 3. The first-order valence-electron chi connectivity index (χ1n) is 7.12. The fourth-order valence-electron chi connectivity index (χ4n) is 2.37. The number of benzene rings is 1. The lowest BCUT2D eigenvalue weighted by Gasteiger charge is -2.12. The Labute approximate surface area is 134 Å². The maximum absolute atomic E-state index is 11.5. The smallest absolute Gasteiger partial charge is 0.249 e. The minimum Gasteiger partial charge on any atom is -0.497 e. The summed E-state index contributed by atoms with van der Waals surface area (Å²) in [5, 5.41) is 13.9. The molecule has 0 aliphatic carbocycles. The molecule has 0 amide bonds. The number of nitrogens with one attached hydrogen (secondary N) is 2. The molecule has 2 aromatic rings. The molecule has 1 aromatic carbocycles. The Balaban J connectivity index is 1.70. The fourth-order valence-corrected chi connectivity index (χ4v) is 4.05. The summed E-state index contributed by atoms with van der Waals surface area (Å²) in [6.45, 7) is 0. The van der Waals surface area contributed by atoms with Gasteiger partial charge in [0.2, 0.25) is 5.95 Å². The minimum atomic E-state index is -2.94. The van der Waals surface area contributed by atoms with Crippen LogP contribution in [0, 0.1) is 0 Å². The highest BCUT2D eigenvalue weighted by atomic mass is 32.2. The monoisotopic (exact) mass is 335 g/mol. The van der Waals surface area contributed by atoms with Gasteiger partial charge in [-0.2, -0.15) is 10.1 Å². The third-order valence-corrected chi connectivity index (χ3v) is 5.24. The molecular formula is C14H17N5O3S. The first-order chi connectivity index (χ1) is 11.0. The summed E-state index contributed by atoms with van der Waals surface area (Å²) in [6.07, 6.45) is 2.05. The van der Waals surface area contributed by atoms with E-state index >= 15 is 0 Å². The Hall–Kier alpha value is -2.42. The minimum absolute atomic E-state index is 0.121. The predicted molar refractivity (Wildman–Crippen MR) is 86.8 cm³/mol. The predicted octanol–water partition coefficient (Wildman–Crippen LogP) is 1.22. The van der Waals surface area contributed by atoms with E-state index < -0.39 is 9.84 Å². The van der Waals surface area contributed by atoms with Crippen molar-refractivity contribution in [1.29, 1.82) is 0 Å². The maximum Gasteiger partial charge on any atom is 0.249 e. The average Bonchev–Trinajstić information content (AvgIpc) is 2.86. The van der Waals surface area contributed by atoms with Gasteiger partial charge in [-0.3, -0.25) is 0 Å². The zero-order valence-corrected chi connectivity index (χ0v) is 13.4. The Morgan fingerprint density at radius 2 is 2.22 bits per heavy atom. The highest BCUT2D eigenvalue weighted by molar-refractivity contribution is 7.91. The van der Waals surface area contributed by atoms with Crippen molar-refractivity contribution in [2.75, 3.05) is 29.2 Å². The van der Waals surface area contributed by atoms with Crippen LogP contribution in [0.1, 0.15) is 6.42 Å². The van der Waals surface area contributed by atoms with Crippen molar-refractivity contribution in [1.82, 2.24) is 15.2 Å². The van der Waals surface area contributed by atoms with Crippen molar-refractivity contribution < 1.29 is 13.2 Å². The normalized spacial score (nSPS) is 19.3. The van der Waals surface area contributed by atoms with Crippen LogP contribution in [0.5, 0.6) is 5.75 Å². The summed E-state index contributed by atoms with van der Waals surface area (Å²) in [7, 11) is -1.34. The molecule has 1 aromatic heterocycles. The van der Waals surface area contributed by atoms with E-state index in [2.05, 4.69) is 25.8 Å². The number of hydrogen-bond acceptors (Lipinski definition) is 8. The van der Waals surface area contributed by atoms with Crippen LogP contribution in [0.4, 0.5) is 17.5 Å². The molecule has 9 heteroatoms. The van der Waals surface area contributed by atoms with Crippen LogP contribution in [0.15, 0.2) is 30.5 Å². The average molecular weight is 335 g/mol. The lowest BCUT2D eigenvalue weighted by Crippen LogP contribution is -2.21. The van der Waals surface area contributed by atoms with Crippen molar-refractivity contribution >= 4 is 27.3 Å². The second-order valence-corrected chi connectivity index (χ2v) is 7.50. The maximum atomic E-state index is 11.5. The van der Waals surface area contributed by atoms with Crippen LogP contribution < -0.4 is 15.4 Å². The fraction of sp³-hybridized carbons (Fsp3) is 0.357. The summed E-state index contributed by atoms with van der Waals surface area (Å²) < 4.78 is 28.1. The first-order valence-corrected chi connectivity index (χ1v) is 8.94. The topological polar surface area (TPSA) is 106 Å². The summed E-state index contributed by atoms with van der Waals surface area (Å²) in [5.41, 5.74) is 0.770. The van der Waals surface area contributed by atoms with E-state index in [1.54, 1.807) is 7.11 Å². The lowest BCUT2D eigenvalue weighted by atomic mass is 10.3. The van der Waals surface area contributed by atoms with Crippen LogP contribution in [0.3, 0.4) is 0 Å². The van der Waals surface area contributed by atoms with Crippen LogP contribution in [0.25, 0.3) is 0 Å². The molecule has 0 bridgehead atoms. The highest BCUT2D eigenvalue weighted by Gasteiger charge is 2.28. The lowest BCUT2D eigenvalue weighted by molar-refractivity contribution is 0.415. The number of ether oxygens (including phenoxy) is 1. The van der Waals surface area contributed by atoms with Gasteiger partial charge in [-0.05, 0) is 18.6 Å². The van der Waals surface area contributed by atoms with E-state index in [-0.39, 0.29) is 17.5 Å². The van der Waals surface area contributed by atoms with E-state index in [0.29, 0.717) is 23.9 Å². The molecule has 2 N–H and O–H groups in total. The molecule has 0 spiro atoms. The SMILES string of the molecule is COc1cccc(Nc2nncc(NC3CCS(=O)(=O)C3)n2)c1. The second-order valence-electron chi connectivity index (χ2n) is 5.27. The van der Waals surface area contributed by atoms with Gasteiger partial charge in [0.1, 0.15) is 5.75 Å². The zero-order chi connectivity index (χ0) is 16.3. The molecule has 122 valence electrons. The Morgan fingerprint density at radius 1 is 1.35 bits per heavy atom. The van der Waals surface area contributed by atoms with E-state index in [4.69, 9.17) is 4.74 Å². The Morgan fingerprint density at radius 3 is 2.96 bits per heavy atom. The number of nitrogens with zero attached hydrogens (tertiary/aromatic N) is 3. The van der Waals surface area contributed by atoms with Crippen LogP contribution in [0.2, 0.25) is 0 Å². The van der Waals surface area contributed by atoms with E-state index in [1.807, 2.05) is 24.3 Å². The highest BCUT2D eigenvalue weighted by Crippen LogP contribution is 2.20. The molecule has 0 radical (unpaired) electrons. The quantitative estimate of drug-likeness (QED) is 0.840. The molecule has 1 atom stereocenters. The zero-order valence-electron chi connectivity index (χ0n) is 12.6. The molecule has 0 saturated carbocycles. The Kier molecular flexibility index (Phi) is 4.28. The summed E-state index contributed by atoms with van der Waals surface area (Å²) >= 11 is 0. The van der Waals surface area contributed by atoms with Crippen molar-refractivity contribution in [2.24, 2.45) is 0 Å². The number of anilines is 3. The van der Waals surface area contributed by atoms with Crippen molar-refractivity contribution in [3.8, 4) is 5.75 Å². The molecule has 1 fully saturated rings. The molecule has 3 rings (SSSR count). The van der Waals surface area contributed by atoms with Gasteiger partial charge in [0.15, 0.2) is 15.7 Å². The van der Waals surface area contributed by atoms with Gasteiger partial charge in [0.25, 0.3) is 0 Å². The van der Waals surface area contributed by atoms with Gasteiger partial charge in [-0.25, -0.2) is 8.42 Å². The molecule has 1 saturated heterocycles. The first kappa shape index (κ1) is 15.5. The second kappa shape index (κ2) is 6.37. The third kappa shape index (κ3) is 4.07. The number of hydrogen-bond donors (Lipinski definition) is 2. The summed E-state index contributed by atoms with van der Waals surface area (Å²) in [6, 6.07) is 7.21. The summed E-state index contributed by atoms with van der Waals surface area (Å²) in [4.78, 5) is 4.30. The van der Waals surface area contributed by atoms with Crippen molar-refractivity contribution in [3.05, 3.63) is 30.5 Å². The van der Waals surface area contributed by atoms with Gasteiger partial charge in [-0.1, -0.05) is 6.07 Å². The number of rotatable bonds is 5. The van der Waals surface area contributed by atoms with Crippen molar-refractivity contribution in [3.63, 3.8) is 0 Å². The van der Waals surface area contributed by atoms with Gasteiger partial charge in [-0.15, -0.1) is 5.10 Å². The van der Waals surface area contributed by atoms with E-state index in [9.17, 15) is 8.42 Å². The van der Waals surface area contributed by atoms with Crippen LogP contribution in [-0.2, 0) is 9.84 Å². The van der Waals surface area contributed by atoms with E-state index in [0.717, 1.165) is 5.69 Å². The third-order valence-electron chi connectivity index (χ3n) is 3.47.